The highest BCUT2D eigenvalue weighted by atomic mass is 32.2. The molecule has 1 saturated heterocycles. The Morgan fingerprint density at radius 3 is 2.50 bits per heavy atom. The lowest BCUT2D eigenvalue weighted by Crippen LogP contribution is -2.29. The summed E-state index contributed by atoms with van der Waals surface area (Å²) < 4.78 is 0. The normalized spacial score (nSPS) is 18.8. The number of hydrogen-bond acceptors (Lipinski definition) is 2. The van der Waals surface area contributed by atoms with Gasteiger partial charge in [-0.05, 0) is 55.7 Å². The standard InChI is InChI=1S/C16H25NS/c1-3-16(15-6-4-13(2)5-7-15)17-12-14-8-10-18-11-9-14/h4-7,14,16-17H,3,8-12H2,1-2H3. The third-order valence-electron chi connectivity index (χ3n) is 3.88. The predicted octanol–water partition coefficient (Wildman–Crippen LogP) is 4.18. The van der Waals surface area contributed by atoms with Crippen LogP contribution in [0.15, 0.2) is 24.3 Å². The summed E-state index contributed by atoms with van der Waals surface area (Å²) in [4.78, 5) is 0. The lowest BCUT2D eigenvalue weighted by atomic mass is 9.99. The monoisotopic (exact) mass is 263 g/mol. The molecule has 1 aliphatic rings. The molecular weight excluding hydrogens is 238 g/mol. The van der Waals surface area contributed by atoms with Gasteiger partial charge in [-0.15, -0.1) is 0 Å². The molecule has 1 nitrogen and oxygen atoms in total. The first-order valence-electron chi connectivity index (χ1n) is 7.17. The van der Waals surface area contributed by atoms with Gasteiger partial charge < -0.3 is 5.32 Å². The van der Waals surface area contributed by atoms with E-state index in [1.54, 1.807) is 0 Å². The zero-order valence-corrected chi connectivity index (χ0v) is 12.4. The molecule has 1 aliphatic heterocycles. The third-order valence-corrected chi connectivity index (χ3v) is 4.93. The van der Waals surface area contributed by atoms with Crippen LogP contribution in [0.4, 0.5) is 0 Å². The largest absolute Gasteiger partial charge is 0.310 e. The summed E-state index contributed by atoms with van der Waals surface area (Å²) in [6.07, 6.45) is 3.95. The number of aryl methyl sites for hydroxylation is 1. The average molecular weight is 263 g/mol. The van der Waals surface area contributed by atoms with E-state index in [0.717, 1.165) is 5.92 Å². The fourth-order valence-electron chi connectivity index (χ4n) is 2.56. The molecule has 1 aromatic carbocycles. The van der Waals surface area contributed by atoms with Gasteiger partial charge in [0.05, 0.1) is 0 Å². The second kappa shape index (κ2) is 7.20. The second-order valence-corrected chi connectivity index (χ2v) is 6.56. The van der Waals surface area contributed by atoms with Crippen LogP contribution in [0.3, 0.4) is 0 Å². The minimum Gasteiger partial charge on any atom is -0.310 e. The van der Waals surface area contributed by atoms with Crippen LogP contribution in [0.2, 0.25) is 0 Å². The number of hydrogen-bond donors (Lipinski definition) is 1. The SMILES string of the molecule is CCC(NCC1CCSCC1)c1ccc(C)cc1. The number of thioether (sulfide) groups is 1. The van der Waals surface area contributed by atoms with Crippen molar-refractivity contribution in [1.29, 1.82) is 0 Å². The molecule has 1 unspecified atom stereocenters. The Hall–Kier alpha value is -0.470. The second-order valence-electron chi connectivity index (χ2n) is 5.34. The fourth-order valence-corrected chi connectivity index (χ4v) is 3.76. The van der Waals surface area contributed by atoms with Crippen LogP contribution in [0.25, 0.3) is 0 Å². The summed E-state index contributed by atoms with van der Waals surface area (Å²) >= 11 is 2.11. The van der Waals surface area contributed by atoms with Gasteiger partial charge in [0, 0.05) is 6.04 Å². The zero-order chi connectivity index (χ0) is 12.8. The Balaban J connectivity index is 1.86. The van der Waals surface area contributed by atoms with Crippen LogP contribution in [0.1, 0.15) is 43.4 Å². The molecule has 0 saturated carbocycles. The number of rotatable bonds is 5. The van der Waals surface area contributed by atoms with Gasteiger partial charge >= 0.3 is 0 Å². The molecule has 18 heavy (non-hydrogen) atoms. The molecule has 1 aromatic rings. The average Bonchev–Trinajstić information content (AvgIpc) is 2.42. The zero-order valence-electron chi connectivity index (χ0n) is 11.6. The molecule has 1 fully saturated rings. The Morgan fingerprint density at radius 2 is 1.89 bits per heavy atom. The van der Waals surface area contributed by atoms with Crippen molar-refractivity contribution in [1.82, 2.24) is 5.32 Å². The maximum absolute atomic E-state index is 3.77. The lowest BCUT2D eigenvalue weighted by molar-refractivity contribution is 0.405. The summed E-state index contributed by atoms with van der Waals surface area (Å²) in [7, 11) is 0. The van der Waals surface area contributed by atoms with Crippen LogP contribution >= 0.6 is 11.8 Å². The van der Waals surface area contributed by atoms with Crippen molar-refractivity contribution >= 4 is 11.8 Å². The Morgan fingerprint density at radius 1 is 1.22 bits per heavy atom. The molecule has 0 radical (unpaired) electrons. The van der Waals surface area contributed by atoms with Crippen molar-refractivity contribution in [3.05, 3.63) is 35.4 Å². The van der Waals surface area contributed by atoms with Gasteiger partial charge in [-0.1, -0.05) is 36.8 Å². The highest BCUT2D eigenvalue weighted by Gasteiger charge is 2.15. The Kier molecular flexibility index (Phi) is 5.58. The molecule has 0 bridgehead atoms. The molecule has 1 atom stereocenters. The lowest BCUT2D eigenvalue weighted by Gasteiger charge is -2.25. The third kappa shape index (κ3) is 4.03. The van der Waals surface area contributed by atoms with E-state index in [0.29, 0.717) is 6.04 Å². The summed E-state index contributed by atoms with van der Waals surface area (Å²) in [5.41, 5.74) is 2.78. The van der Waals surface area contributed by atoms with Gasteiger partial charge in [0.1, 0.15) is 0 Å². The molecule has 2 heteroatoms. The predicted molar refractivity (Wildman–Crippen MR) is 82.3 cm³/mol. The number of benzene rings is 1. The van der Waals surface area contributed by atoms with Gasteiger partial charge in [-0.2, -0.15) is 11.8 Å². The van der Waals surface area contributed by atoms with Gasteiger partial charge in [0.25, 0.3) is 0 Å². The summed E-state index contributed by atoms with van der Waals surface area (Å²) in [5.74, 6) is 3.60. The first-order valence-corrected chi connectivity index (χ1v) is 8.32. The van der Waals surface area contributed by atoms with Crippen molar-refractivity contribution in [2.45, 2.75) is 39.2 Å². The maximum Gasteiger partial charge on any atom is 0.0317 e. The van der Waals surface area contributed by atoms with Crippen LogP contribution in [-0.2, 0) is 0 Å². The Labute approximate surface area is 116 Å². The molecule has 100 valence electrons. The van der Waals surface area contributed by atoms with Crippen LogP contribution in [-0.4, -0.2) is 18.1 Å². The van der Waals surface area contributed by atoms with E-state index in [9.17, 15) is 0 Å². The van der Waals surface area contributed by atoms with E-state index in [1.807, 2.05) is 0 Å². The maximum atomic E-state index is 3.77. The van der Waals surface area contributed by atoms with Gasteiger partial charge in [0.2, 0.25) is 0 Å². The first-order chi connectivity index (χ1) is 8.79. The van der Waals surface area contributed by atoms with Crippen LogP contribution in [0, 0.1) is 12.8 Å². The Bertz CT molecular complexity index is 341. The topological polar surface area (TPSA) is 12.0 Å². The van der Waals surface area contributed by atoms with E-state index in [1.165, 1.54) is 48.4 Å². The minimum atomic E-state index is 0.528. The molecule has 0 aliphatic carbocycles. The van der Waals surface area contributed by atoms with E-state index in [-0.39, 0.29) is 0 Å². The molecule has 1 N–H and O–H groups in total. The van der Waals surface area contributed by atoms with E-state index in [4.69, 9.17) is 0 Å². The van der Waals surface area contributed by atoms with Crippen molar-refractivity contribution in [2.75, 3.05) is 18.1 Å². The molecule has 0 amide bonds. The first kappa shape index (κ1) is 14.0. The molecule has 0 spiro atoms. The summed E-state index contributed by atoms with van der Waals surface area (Å²) in [6, 6.07) is 9.51. The molecule has 0 aromatic heterocycles. The van der Waals surface area contributed by atoms with E-state index < -0.39 is 0 Å². The highest BCUT2D eigenvalue weighted by Crippen LogP contribution is 2.23. The van der Waals surface area contributed by atoms with E-state index >= 15 is 0 Å². The van der Waals surface area contributed by atoms with E-state index in [2.05, 4.69) is 55.2 Å². The van der Waals surface area contributed by atoms with Crippen LogP contribution < -0.4 is 5.32 Å². The fraction of sp³-hybridized carbons (Fsp3) is 0.625. The molecular formula is C16H25NS. The van der Waals surface area contributed by atoms with Crippen LogP contribution in [0.5, 0.6) is 0 Å². The smallest absolute Gasteiger partial charge is 0.0317 e. The summed E-state index contributed by atoms with van der Waals surface area (Å²) in [6.45, 7) is 5.61. The molecule has 2 rings (SSSR count). The van der Waals surface area contributed by atoms with Crippen molar-refractivity contribution in [3.8, 4) is 0 Å². The summed E-state index contributed by atoms with van der Waals surface area (Å²) in [5, 5.41) is 3.77. The highest BCUT2D eigenvalue weighted by molar-refractivity contribution is 7.99. The van der Waals surface area contributed by atoms with Crippen molar-refractivity contribution < 1.29 is 0 Å². The van der Waals surface area contributed by atoms with Crippen molar-refractivity contribution in [2.24, 2.45) is 5.92 Å². The minimum absolute atomic E-state index is 0.528. The number of nitrogens with one attached hydrogen (secondary N) is 1. The van der Waals surface area contributed by atoms with Gasteiger partial charge in [-0.3, -0.25) is 0 Å². The van der Waals surface area contributed by atoms with Crippen molar-refractivity contribution in [3.63, 3.8) is 0 Å². The van der Waals surface area contributed by atoms with Gasteiger partial charge in [-0.25, -0.2) is 0 Å². The molecule has 1 heterocycles. The van der Waals surface area contributed by atoms with Gasteiger partial charge in [0.15, 0.2) is 0 Å². The quantitative estimate of drug-likeness (QED) is 0.855.